The van der Waals surface area contributed by atoms with Crippen molar-refractivity contribution in [2.75, 3.05) is 18.4 Å². The van der Waals surface area contributed by atoms with Crippen LogP contribution in [0.5, 0.6) is 0 Å². The lowest BCUT2D eigenvalue weighted by atomic mass is 9.98. The van der Waals surface area contributed by atoms with Crippen molar-refractivity contribution in [1.29, 1.82) is 0 Å². The smallest absolute Gasteiger partial charge is 0.0343 e. The molecule has 0 aliphatic heterocycles. The number of hydrogen-bond acceptors (Lipinski definition) is 2. The highest BCUT2D eigenvalue weighted by molar-refractivity contribution is 5.49. The number of nitrogens with one attached hydrogen (secondary N) is 1. The third kappa shape index (κ3) is 2.74. The summed E-state index contributed by atoms with van der Waals surface area (Å²) in [6, 6.07) is 6.50. The second kappa shape index (κ2) is 5.01. The summed E-state index contributed by atoms with van der Waals surface area (Å²) in [7, 11) is 0. The van der Waals surface area contributed by atoms with Gasteiger partial charge in [-0.25, -0.2) is 0 Å². The maximum Gasteiger partial charge on any atom is 0.0343 e. The van der Waals surface area contributed by atoms with Crippen molar-refractivity contribution in [1.82, 2.24) is 0 Å². The van der Waals surface area contributed by atoms with Crippen LogP contribution in [0.25, 0.3) is 0 Å². The van der Waals surface area contributed by atoms with Crippen molar-refractivity contribution >= 4 is 5.69 Å². The van der Waals surface area contributed by atoms with Gasteiger partial charge in [-0.2, -0.15) is 0 Å². The van der Waals surface area contributed by atoms with Crippen LogP contribution in [0, 0.1) is 6.92 Å². The Balaban J connectivity index is 2.78. The highest BCUT2D eigenvalue weighted by Crippen LogP contribution is 2.21. The van der Waals surface area contributed by atoms with Gasteiger partial charge in [0, 0.05) is 18.8 Å². The molecule has 0 spiro atoms. The van der Waals surface area contributed by atoms with Crippen LogP contribution in [0.1, 0.15) is 30.9 Å². The summed E-state index contributed by atoms with van der Waals surface area (Å²) in [6.07, 6.45) is 0. The first-order chi connectivity index (χ1) is 6.65. The van der Waals surface area contributed by atoms with Gasteiger partial charge in [-0.05, 0) is 36.1 Å². The first kappa shape index (κ1) is 11.1. The molecule has 0 aromatic heterocycles. The lowest BCUT2D eigenvalue weighted by Crippen LogP contribution is -2.13. The fourth-order valence-electron chi connectivity index (χ4n) is 1.65. The van der Waals surface area contributed by atoms with E-state index in [1.165, 1.54) is 11.1 Å². The Morgan fingerprint density at radius 2 is 2.07 bits per heavy atom. The van der Waals surface area contributed by atoms with Gasteiger partial charge in [0.25, 0.3) is 0 Å². The molecule has 0 aliphatic carbocycles. The number of benzene rings is 1. The molecule has 1 rings (SSSR count). The number of anilines is 1. The predicted octanol–water partition coefficient (Wildman–Crippen LogP) is 2.49. The van der Waals surface area contributed by atoms with Crippen LogP contribution >= 0.6 is 0 Å². The van der Waals surface area contributed by atoms with Gasteiger partial charge in [0.2, 0.25) is 0 Å². The Morgan fingerprint density at radius 3 is 2.57 bits per heavy atom. The molecular formula is C12H20N2. The van der Waals surface area contributed by atoms with Crippen molar-refractivity contribution in [3.8, 4) is 0 Å². The molecular weight excluding hydrogens is 172 g/mol. The zero-order valence-corrected chi connectivity index (χ0v) is 9.30. The Bertz CT molecular complexity index is 292. The van der Waals surface area contributed by atoms with E-state index in [0.717, 1.165) is 12.2 Å². The van der Waals surface area contributed by atoms with Gasteiger partial charge in [-0.15, -0.1) is 0 Å². The number of nitrogens with two attached hydrogens (primary N) is 1. The van der Waals surface area contributed by atoms with Crippen molar-refractivity contribution in [3.05, 3.63) is 29.3 Å². The molecule has 1 aromatic rings. The molecule has 2 heteroatoms. The zero-order chi connectivity index (χ0) is 10.6. The van der Waals surface area contributed by atoms with E-state index in [4.69, 9.17) is 5.73 Å². The molecule has 78 valence electrons. The van der Waals surface area contributed by atoms with Gasteiger partial charge >= 0.3 is 0 Å². The average Bonchev–Trinajstić information content (AvgIpc) is 2.14. The number of rotatable bonds is 4. The van der Waals surface area contributed by atoms with Crippen LogP contribution in [0.4, 0.5) is 5.69 Å². The largest absolute Gasteiger partial charge is 0.384 e. The standard InChI is InChI=1S/C12H20N2/c1-9(2)12-5-4-11(8-10(12)3)14-7-6-13/h4-5,8-9,14H,6-7,13H2,1-3H3. The topological polar surface area (TPSA) is 38.0 Å². The van der Waals surface area contributed by atoms with E-state index in [2.05, 4.69) is 44.3 Å². The van der Waals surface area contributed by atoms with Gasteiger partial charge < -0.3 is 11.1 Å². The number of aryl methyl sites for hydroxylation is 1. The van der Waals surface area contributed by atoms with Gasteiger partial charge in [0.1, 0.15) is 0 Å². The minimum Gasteiger partial charge on any atom is -0.384 e. The molecule has 0 aliphatic rings. The Hall–Kier alpha value is -1.02. The van der Waals surface area contributed by atoms with E-state index >= 15 is 0 Å². The van der Waals surface area contributed by atoms with Crippen LogP contribution in [-0.4, -0.2) is 13.1 Å². The van der Waals surface area contributed by atoms with Crippen molar-refractivity contribution in [2.45, 2.75) is 26.7 Å². The number of hydrogen-bond donors (Lipinski definition) is 2. The fourth-order valence-corrected chi connectivity index (χ4v) is 1.65. The maximum absolute atomic E-state index is 5.43. The Morgan fingerprint density at radius 1 is 1.36 bits per heavy atom. The van der Waals surface area contributed by atoms with Gasteiger partial charge in [0.15, 0.2) is 0 Å². The summed E-state index contributed by atoms with van der Waals surface area (Å²) in [5.41, 5.74) is 9.36. The molecule has 0 heterocycles. The molecule has 0 bridgehead atoms. The first-order valence-electron chi connectivity index (χ1n) is 5.19. The molecule has 3 N–H and O–H groups in total. The molecule has 1 aromatic carbocycles. The van der Waals surface area contributed by atoms with Crippen molar-refractivity contribution in [3.63, 3.8) is 0 Å². The van der Waals surface area contributed by atoms with E-state index in [1.807, 2.05) is 0 Å². The van der Waals surface area contributed by atoms with Crippen LogP contribution in [0.3, 0.4) is 0 Å². The summed E-state index contributed by atoms with van der Waals surface area (Å²) in [6.45, 7) is 8.10. The van der Waals surface area contributed by atoms with E-state index in [9.17, 15) is 0 Å². The van der Waals surface area contributed by atoms with E-state index < -0.39 is 0 Å². The van der Waals surface area contributed by atoms with Crippen LogP contribution in [0.15, 0.2) is 18.2 Å². The second-order valence-corrected chi connectivity index (χ2v) is 3.94. The molecule has 14 heavy (non-hydrogen) atoms. The van der Waals surface area contributed by atoms with Gasteiger partial charge in [0.05, 0.1) is 0 Å². The Labute approximate surface area is 86.5 Å². The quantitative estimate of drug-likeness (QED) is 0.769. The van der Waals surface area contributed by atoms with E-state index in [0.29, 0.717) is 12.5 Å². The SMILES string of the molecule is Cc1cc(NCCN)ccc1C(C)C. The third-order valence-corrected chi connectivity index (χ3v) is 2.37. The minimum absolute atomic E-state index is 0.596. The highest BCUT2D eigenvalue weighted by Gasteiger charge is 2.03. The summed E-state index contributed by atoms with van der Waals surface area (Å²) in [5, 5.41) is 3.28. The summed E-state index contributed by atoms with van der Waals surface area (Å²) < 4.78 is 0. The Kier molecular flexibility index (Phi) is 3.96. The zero-order valence-electron chi connectivity index (χ0n) is 9.30. The van der Waals surface area contributed by atoms with Crippen molar-refractivity contribution in [2.24, 2.45) is 5.73 Å². The van der Waals surface area contributed by atoms with Gasteiger partial charge in [-0.1, -0.05) is 19.9 Å². The molecule has 0 saturated heterocycles. The summed E-state index contributed by atoms with van der Waals surface area (Å²) >= 11 is 0. The first-order valence-corrected chi connectivity index (χ1v) is 5.19. The molecule has 0 unspecified atom stereocenters. The van der Waals surface area contributed by atoms with Gasteiger partial charge in [-0.3, -0.25) is 0 Å². The predicted molar refractivity (Wildman–Crippen MR) is 62.8 cm³/mol. The highest BCUT2D eigenvalue weighted by atomic mass is 14.9. The monoisotopic (exact) mass is 192 g/mol. The lowest BCUT2D eigenvalue weighted by molar-refractivity contribution is 0.856. The molecule has 0 atom stereocenters. The molecule has 0 fully saturated rings. The summed E-state index contributed by atoms with van der Waals surface area (Å²) in [5.74, 6) is 0.596. The third-order valence-electron chi connectivity index (χ3n) is 2.37. The van der Waals surface area contributed by atoms with Crippen molar-refractivity contribution < 1.29 is 0 Å². The fraction of sp³-hybridized carbons (Fsp3) is 0.500. The molecule has 0 amide bonds. The molecule has 0 radical (unpaired) electrons. The maximum atomic E-state index is 5.43. The molecule has 0 saturated carbocycles. The molecule has 2 nitrogen and oxygen atoms in total. The second-order valence-electron chi connectivity index (χ2n) is 3.94. The van der Waals surface area contributed by atoms with Crippen LogP contribution in [-0.2, 0) is 0 Å². The van der Waals surface area contributed by atoms with Crippen LogP contribution < -0.4 is 11.1 Å². The average molecular weight is 192 g/mol. The lowest BCUT2D eigenvalue weighted by Gasteiger charge is -2.12. The summed E-state index contributed by atoms with van der Waals surface area (Å²) in [4.78, 5) is 0. The van der Waals surface area contributed by atoms with E-state index in [-0.39, 0.29) is 0 Å². The minimum atomic E-state index is 0.596. The van der Waals surface area contributed by atoms with Crippen LogP contribution in [0.2, 0.25) is 0 Å². The normalized spacial score (nSPS) is 10.6. The van der Waals surface area contributed by atoms with E-state index in [1.54, 1.807) is 0 Å².